The minimum atomic E-state index is -3.69. The molecule has 31 heavy (non-hydrogen) atoms. The predicted octanol–water partition coefficient (Wildman–Crippen LogP) is 1.97. The molecule has 164 valence electrons. The minimum absolute atomic E-state index is 0.183. The number of pyridine rings is 1. The van der Waals surface area contributed by atoms with Crippen molar-refractivity contribution < 1.29 is 17.6 Å². The first-order chi connectivity index (χ1) is 14.9. The maximum atomic E-state index is 12.4. The molecule has 0 unspecified atom stereocenters. The smallest absolute Gasteiger partial charge is 0.300 e. The van der Waals surface area contributed by atoms with Crippen molar-refractivity contribution in [3.63, 3.8) is 0 Å². The van der Waals surface area contributed by atoms with E-state index in [1.54, 1.807) is 31.1 Å². The Hall–Kier alpha value is -3.21. The SMILES string of the molecule is CNCCNS(=O)(=O)Nc1ccc(/C=C/C(=O)N(C)Cc2cc3ccccc3o2)cn1. The van der Waals surface area contributed by atoms with Crippen LogP contribution in [0.15, 0.2) is 59.2 Å². The van der Waals surface area contributed by atoms with Gasteiger partial charge in [-0.15, -0.1) is 0 Å². The Morgan fingerprint density at radius 1 is 1.19 bits per heavy atom. The van der Waals surface area contributed by atoms with Crippen molar-refractivity contribution in [2.24, 2.45) is 0 Å². The molecule has 1 amide bonds. The molecule has 0 radical (unpaired) electrons. The fourth-order valence-corrected chi connectivity index (χ4v) is 3.61. The summed E-state index contributed by atoms with van der Waals surface area (Å²) >= 11 is 0. The van der Waals surface area contributed by atoms with E-state index >= 15 is 0 Å². The number of aromatic nitrogens is 1. The topological polar surface area (TPSA) is 117 Å². The maximum absolute atomic E-state index is 12.4. The van der Waals surface area contributed by atoms with Crippen LogP contribution in [0.25, 0.3) is 17.0 Å². The standard InChI is InChI=1S/C21H25N5O4S/c1-22-11-12-24-31(28,29)25-20-9-7-16(14-23-20)8-10-21(27)26(2)15-18-13-17-5-3-4-6-19(17)30-18/h3-10,13-14,22,24H,11-12,15H2,1-2H3,(H,23,25)/b10-8+. The van der Waals surface area contributed by atoms with E-state index < -0.39 is 10.2 Å². The molecular weight excluding hydrogens is 418 g/mol. The normalized spacial score (nSPS) is 11.8. The van der Waals surface area contributed by atoms with Crippen molar-refractivity contribution in [3.8, 4) is 0 Å². The summed E-state index contributed by atoms with van der Waals surface area (Å²) in [5.74, 6) is 0.688. The molecular formula is C21H25N5O4S. The van der Waals surface area contributed by atoms with E-state index in [2.05, 4.69) is 19.7 Å². The first kappa shape index (κ1) is 22.5. The van der Waals surface area contributed by atoms with Crippen LogP contribution in [0.4, 0.5) is 5.82 Å². The summed E-state index contributed by atoms with van der Waals surface area (Å²) in [7, 11) is -0.262. The highest BCUT2D eigenvalue weighted by Gasteiger charge is 2.11. The third-order valence-corrected chi connectivity index (χ3v) is 5.42. The van der Waals surface area contributed by atoms with Crippen molar-refractivity contribution in [1.82, 2.24) is 19.9 Å². The fraction of sp³-hybridized carbons (Fsp3) is 0.238. The summed E-state index contributed by atoms with van der Waals surface area (Å²) in [5, 5.41) is 3.84. The van der Waals surface area contributed by atoms with Crippen LogP contribution in [0, 0.1) is 0 Å². The summed E-state index contributed by atoms with van der Waals surface area (Å²) in [6, 6.07) is 12.8. The molecule has 0 fully saturated rings. The third-order valence-electron chi connectivity index (χ3n) is 4.36. The van der Waals surface area contributed by atoms with Gasteiger partial charge in [-0.3, -0.25) is 9.52 Å². The molecule has 0 aliphatic rings. The number of nitrogens with zero attached hydrogens (tertiary/aromatic N) is 2. The molecule has 0 atom stereocenters. The molecule has 0 saturated carbocycles. The van der Waals surface area contributed by atoms with Gasteiger partial charge in [-0.2, -0.15) is 13.1 Å². The molecule has 0 aliphatic heterocycles. The Morgan fingerprint density at radius 2 is 2.00 bits per heavy atom. The number of likely N-dealkylation sites (N-methyl/N-ethyl adjacent to an activating group) is 2. The number of carbonyl (C=O) groups excluding carboxylic acids is 1. The molecule has 0 saturated heterocycles. The Kier molecular flexibility index (Phi) is 7.40. The molecule has 1 aromatic carbocycles. The van der Waals surface area contributed by atoms with Gasteiger partial charge in [0.05, 0.1) is 6.54 Å². The summed E-state index contributed by atoms with van der Waals surface area (Å²) in [5.41, 5.74) is 1.45. The first-order valence-corrected chi connectivity index (χ1v) is 11.1. The van der Waals surface area contributed by atoms with Crippen molar-refractivity contribution in [2.45, 2.75) is 6.54 Å². The second kappa shape index (κ2) is 10.2. The monoisotopic (exact) mass is 443 g/mol. The lowest BCUT2D eigenvalue weighted by Crippen LogP contribution is -2.34. The number of benzene rings is 1. The van der Waals surface area contributed by atoms with Gasteiger partial charge in [-0.25, -0.2) is 4.98 Å². The molecule has 0 aliphatic carbocycles. The van der Waals surface area contributed by atoms with Gasteiger partial charge in [0.1, 0.15) is 17.2 Å². The van der Waals surface area contributed by atoms with Crippen LogP contribution < -0.4 is 14.8 Å². The summed E-state index contributed by atoms with van der Waals surface area (Å²) < 4.78 is 34.3. The Morgan fingerprint density at radius 3 is 2.71 bits per heavy atom. The van der Waals surface area contributed by atoms with Gasteiger partial charge in [0.15, 0.2) is 0 Å². The van der Waals surface area contributed by atoms with Crippen molar-refractivity contribution in [2.75, 3.05) is 31.9 Å². The van der Waals surface area contributed by atoms with Crippen LogP contribution in [-0.4, -0.2) is 51.4 Å². The molecule has 9 nitrogen and oxygen atoms in total. The maximum Gasteiger partial charge on any atom is 0.300 e. The Bertz CT molecular complexity index is 1120. The van der Waals surface area contributed by atoms with Crippen LogP contribution in [0.2, 0.25) is 0 Å². The van der Waals surface area contributed by atoms with E-state index in [1.807, 2.05) is 30.3 Å². The lowest BCUT2D eigenvalue weighted by molar-refractivity contribution is -0.125. The highest BCUT2D eigenvalue weighted by Crippen LogP contribution is 2.19. The van der Waals surface area contributed by atoms with Crippen molar-refractivity contribution in [3.05, 3.63) is 66.1 Å². The fourth-order valence-electron chi connectivity index (χ4n) is 2.77. The zero-order valence-corrected chi connectivity index (χ0v) is 18.1. The summed E-state index contributed by atoms with van der Waals surface area (Å²) in [4.78, 5) is 18.0. The third kappa shape index (κ3) is 6.64. The largest absolute Gasteiger partial charge is 0.459 e. The van der Waals surface area contributed by atoms with E-state index in [1.165, 1.54) is 18.3 Å². The van der Waals surface area contributed by atoms with Gasteiger partial charge in [0.25, 0.3) is 10.2 Å². The molecule has 2 aromatic heterocycles. The number of carbonyl (C=O) groups is 1. The molecule has 2 heterocycles. The zero-order valence-electron chi connectivity index (χ0n) is 17.3. The van der Waals surface area contributed by atoms with E-state index in [-0.39, 0.29) is 18.3 Å². The van der Waals surface area contributed by atoms with Gasteiger partial charge in [0, 0.05) is 37.8 Å². The number of furan rings is 1. The number of rotatable bonds is 10. The molecule has 0 bridgehead atoms. The number of fused-ring (bicyclic) bond motifs is 1. The van der Waals surface area contributed by atoms with E-state index in [4.69, 9.17) is 4.42 Å². The van der Waals surface area contributed by atoms with Crippen LogP contribution in [0.3, 0.4) is 0 Å². The first-order valence-electron chi connectivity index (χ1n) is 9.65. The van der Waals surface area contributed by atoms with Gasteiger partial charge in [0.2, 0.25) is 5.91 Å². The lowest BCUT2D eigenvalue weighted by Gasteiger charge is -2.13. The van der Waals surface area contributed by atoms with Crippen LogP contribution in [-0.2, 0) is 21.5 Å². The van der Waals surface area contributed by atoms with Gasteiger partial charge in [-0.05, 0) is 43.0 Å². The second-order valence-electron chi connectivity index (χ2n) is 6.86. The number of anilines is 1. The zero-order chi connectivity index (χ0) is 22.3. The quantitative estimate of drug-likeness (QED) is 0.326. The molecule has 3 aromatic rings. The Balaban J connectivity index is 1.55. The molecule has 3 N–H and O–H groups in total. The van der Waals surface area contributed by atoms with Crippen molar-refractivity contribution in [1.29, 1.82) is 0 Å². The average Bonchev–Trinajstić information content (AvgIpc) is 3.15. The number of hydrogen-bond donors (Lipinski definition) is 3. The lowest BCUT2D eigenvalue weighted by atomic mass is 10.2. The number of amides is 1. The van der Waals surface area contributed by atoms with Crippen molar-refractivity contribution >= 4 is 39.0 Å². The number of hydrogen-bond acceptors (Lipinski definition) is 6. The van der Waals surface area contributed by atoms with Gasteiger partial charge in [-0.1, -0.05) is 18.2 Å². The number of para-hydroxylation sites is 1. The van der Waals surface area contributed by atoms with Crippen LogP contribution in [0.1, 0.15) is 11.3 Å². The molecule has 10 heteroatoms. The van der Waals surface area contributed by atoms with Crippen LogP contribution in [0.5, 0.6) is 0 Å². The van der Waals surface area contributed by atoms with E-state index in [0.29, 0.717) is 24.4 Å². The minimum Gasteiger partial charge on any atom is -0.459 e. The molecule has 3 rings (SSSR count). The summed E-state index contributed by atoms with van der Waals surface area (Å²) in [6.45, 7) is 1.12. The van der Waals surface area contributed by atoms with E-state index in [9.17, 15) is 13.2 Å². The number of nitrogens with one attached hydrogen (secondary N) is 3. The second-order valence-corrected chi connectivity index (χ2v) is 8.36. The van der Waals surface area contributed by atoms with E-state index in [0.717, 1.165) is 11.0 Å². The highest BCUT2D eigenvalue weighted by atomic mass is 32.2. The highest BCUT2D eigenvalue weighted by molar-refractivity contribution is 7.90. The van der Waals surface area contributed by atoms with Gasteiger partial charge >= 0.3 is 0 Å². The predicted molar refractivity (Wildman–Crippen MR) is 120 cm³/mol. The van der Waals surface area contributed by atoms with Gasteiger partial charge < -0.3 is 14.6 Å². The average molecular weight is 444 g/mol. The molecule has 0 spiro atoms. The Labute approximate surface area is 181 Å². The van der Waals surface area contributed by atoms with Crippen LogP contribution >= 0.6 is 0 Å². The summed E-state index contributed by atoms with van der Waals surface area (Å²) in [6.07, 6.45) is 4.53.